The van der Waals surface area contributed by atoms with Crippen LogP contribution >= 0.6 is 11.8 Å². The number of carbonyl (C=O) groups excluding carboxylic acids is 1. The number of pyridine rings is 1. The van der Waals surface area contributed by atoms with Gasteiger partial charge in [-0.2, -0.15) is 5.10 Å². The van der Waals surface area contributed by atoms with Crippen LogP contribution in [0.1, 0.15) is 5.56 Å². The second-order valence-corrected chi connectivity index (χ2v) is 5.21. The van der Waals surface area contributed by atoms with Crippen molar-refractivity contribution in [3.05, 3.63) is 60.4 Å². The average molecular weight is 296 g/mol. The van der Waals surface area contributed by atoms with Crippen LogP contribution in [0.3, 0.4) is 0 Å². The van der Waals surface area contributed by atoms with Crippen LogP contribution in [0.15, 0.2) is 65.1 Å². The molecule has 1 aromatic heterocycles. The largest absolute Gasteiger partial charge is 0.273 e. The van der Waals surface area contributed by atoms with Gasteiger partial charge in [-0.1, -0.05) is 36.0 Å². The Kier molecular flexibility index (Phi) is 4.07. The third-order valence-corrected chi connectivity index (χ3v) is 3.73. The van der Waals surface area contributed by atoms with Gasteiger partial charge < -0.3 is 0 Å². The van der Waals surface area contributed by atoms with Crippen LogP contribution in [0.25, 0.3) is 0 Å². The van der Waals surface area contributed by atoms with E-state index in [1.165, 1.54) is 11.8 Å². The van der Waals surface area contributed by atoms with E-state index in [0.29, 0.717) is 10.9 Å². The van der Waals surface area contributed by atoms with E-state index in [1.54, 1.807) is 23.5 Å². The van der Waals surface area contributed by atoms with Crippen molar-refractivity contribution in [2.24, 2.45) is 10.2 Å². The summed E-state index contributed by atoms with van der Waals surface area (Å²) in [6.45, 7) is 0. The predicted octanol–water partition coefficient (Wildman–Crippen LogP) is 2.55. The molecule has 1 saturated heterocycles. The minimum Gasteiger partial charge on any atom is -0.273 e. The zero-order valence-electron chi connectivity index (χ0n) is 11.1. The van der Waals surface area contributed by atoms with Gasteiger partial charge >= 0.3 is 0 Å². The molecule has 0 saturated carbocycles. The summed E-state index contributed by atoms with van der Waals surface area (Å²) in [4.78, 5) is 17.6. The van der Waals surface area contributed by atoms with Crippen LogP contribution in [0.5, 0.6) is 0 Å². The second-order valence-electron chi connectivity index (χ2n) is 4.27. The van der Waals surface area contributed by atoms with Gasteiger partial charge in [-0.25, -0.2) is 0 Å². The van der Waals surface area contributed by atoms with E-state index in [4.69, 9.17) is 0 Å². The molecule has 104 valence electrons. The number of amides is 1. The maximum atomic E-state index is 12.0. The highest BCUT2D eigenvalue weighted by Crippen LogP contribution is 2.26. The number of anilines is 1. The van der Waals surface area contributed by atoms with Crippen molar-refractivity contribution < 1.29 is 4.79 Å². The number of para-hydroxylation sites is 1. The Hall–Kier alpha value is -2.47. The smallest absolute Gasteiger partial charge is 0.243 e. The van der Waals surface area contributed by atoms with Crippen molar-refractivity contribution in [1.82, 2.24) is 4.98 Å². The number of benzene rings is 1. The zero-order chi connectivity index (χ0) is 14.5. The third kappa shape index (κ3) is 3.17. The van der Waals surface area contributed by atoms with Crippen molar-refractivity contribution in [2.45, 2.75) is 0 Å². The molecule has 1 aromatic carbocycles. The summed E-state index contributed by atoms with van der Waals surface area (Å²) >= 11 is 1.39. The Bertz CT molecular complexity index is 685. The molecule has 21 heavy (non-hydrogen) atoms. The van der Waals surface area contributed by atoms with Crippen LogP contribution in [-0.2, 0) is 4.79 Å². The quantitative estimate of drug-likeness (QED) is 0.646. The number of thioether (sulfide) groups is 1. The summed E-state index contributed by atoms with van der Waals surface area (Å²) in [5.41, 5.74) is 1.67. The summed E-state index contributed by atoms with van der Waals surface area (Å²) < 4.78 is 0. The normalized spacial score (nSPS) is 17.0. The van der Waals surface area contributed by atoms with Crippen LogP contribution in [0.4, 0.5) is 5.69 Å². The van der Waals surface area contributed by atoms with E-state index in [1.807, 2.05) is 42.5 Å². The molecule has 0 unspecified atom stereocenters. The van der Waals surface area contributed by atoms with Gasteiger partial charge in [0.05, 0.1) is 17.7 Å². The molecule has 2 aromatic rings. The summed E-state index contributed by atoms with van der Waals surface area (Å²) in [6.07, 6.45) is 5.02. The fourth-order valence-corrected chi connectivity index (χ4v) is 2.69. The lowest BCUT2D eigenvalue weighted by Crippen LogP contribution is -2.28. The molecule has 0 spiro atoms. The minimum atomic E-state index is 0.0153. The number of carbonyl (C=O) groups is 1. The predicted molar refractivity (Wildman–Crippen MR) is 85.7 cm³/mol. The molecule has 1 fully saturated rings. The van der Waals surface area contributed by atoms with Crippen LogP contribution in [-0.4, -0.2) is 28.0 Å². The topological polar surface area (TPSA) is 57.9 Å². The first-order valence-electron chi connectivity index (χ1n) is 6.36. The Morgan fingerprint density at radius 3 is 2.81 bits per heavy atom. The van der Waals surface area contributed by atoms with Crippen molar-refractivity contribution in [3.63, 3.8) is 0 Å². The maximum absolute atomic E-state index is 12.0. The highest BCUT2D eigenvalue weighted by atomic mass is 32.2. The van der Waals surface area contributed by atoms with Gasteiger partial charge in [-0.15, -0.1) is 5.10 Å². The first kappa shape index (κ1) is 13.5. The molecule has 0 atom stereocenters. The number of aromatic nitrogens is 1. The lowest BCUT2D eigenvalue weighted by molar-refractivity contribution is -0.115. The minimum absolute atomic E-state index is 0.0153. The standard InChI is InChI=1S/C15H12N4OS/c20-14-11-21-15(19(14)13-6-2-1-3-7-13)18-17-10-12-5-4-8-16-9-12/h1-10H,11H2/b17-10-,18-15-. The van der Waals surface area contributed by atoms with Gasteiger partial charge in [0, 0.05) is 18.0 Å². The Morgan fingerprint density at radius 1 is 1.19 bits per heavy atom. The van der Waals surface area contributed by atoms with E-state index in [-0.39, 0.29) is 5.91 Å². The van der Waals surface area contributed by atoms with E-state index in [2.05, 4.69) is 15.2 Å². The number of rotatable bonds is 3. The van der Waals surface area contributed by atoms with Crippen LogP contribution in [0.2, 0.25) is 0 Å². The lowest BCUT2D eigenvalue weighted by Gasteiger charge is -2.14. The Labute approximate surface area is 126 Å². The Morgan fingerprint density at radius 2 is 2.05 bits per heavy atom. The van der Waals surface area contributed by atoms with E-state index < -0.39 is 0 Å². The number of hydrogen-bond donors (Lipinski definition) is 0. The number of hydrogen-bond acceptors (Lipinski definition) is 5. The van der Waals surface area contributed by atoms with Crippen molar-refractivity contribution >= 4 is 34.7 Å². The Balaban J connectivity index is 1.82. The highest BCUT2D eigenvalue weighted by molar-refractivity contribution is 8.15. The molecular weight excluding hydrogens is 284 g/mol. The molecule has 0 aliphatic carbocycles. The molecule has 1 amide bonds. The number of nitrogens with zero attached hydrogens (tertiary/aromatic N) is 4. The summed E-state index contributed by atoms with van der Waals surface area (Å²) in [5, 5.41) is 8.78. The fraction of sp³-hybridized carbons (Fsp3) is 0.0667. The van der Waals surface area contributed by atoms with Crippen molar-refractivity contribution in [2.75, 3.05) is 10.7 Å². The molecule has 3 rings (SSSR count). The van der Waals surface area contributed by atoms with Gasteiger partial charge in [0.1, 0.15) is 0 Å². The monoisotopic (exact) mass is 296 g/mol. The van der Waals surface area contributed by atoms with Gasteiger partial charge in [0.2, 0.25) is 5.91 Å². The highest BCUT2D eigenvalue weighted by Gasteiger charge is 2.29. The summed E-state index contributed by atoms with van der Waals surface area (Å²) in [6, 6.07) is 13.2. The number of amidine groups is 1. The molecule has 6 heteroatoms. The van der Waals surface area contributed by atoms with Gasteiger partial charge in [0.25, 0.3) is 0 Å². The lowest BCUT2D eigenvalue weighted by atomic mass is 10.3. The third-order valence-electron chi connectivity index (χ3n) is 2.81. The summed E-state index contributed by atoms with van der Waals surface area (Å²) in [5.74, 6) is 0.400. The molecule has 1 aliphatic rings. The zero-order valence-corrected chi connectivity index (χ0v) is 11.9. The first-order chi connectivity index (χ1) is 10.3. The first-order valence-corrected chi connectivity index (χ1v) is 7.35. The molecule has 2 heterocycles. The van der Waals surface area contributed by atoms with Gasteiger partial charge in [-0.05, 0) is 18.2 Å². The maximum Gasteiger partial charge on any atom is 0.243 e. The SMILES string of the molecule is O=C1CS/C(=N\N=C/c2cccnc2)N1c1ccccc1. The van der Waals surface area contributed by atoms with Crippen molar-refractivity contribution in [1.29, 1.82) is 0 Å². The molecule has 1 aliphatic heterocycles. The van der Waals surface area contributed by atoms with Crippen molar-refractivity contribution in [3.8, 4) is 0 Å². The molecule has 0 radical (unpaired) electrons. The van der Waals surface area contributed by atoms with E-state index >= 15 is 0 Å². The molecule has 5 nitrogen and oxygen atoms in total. The molecular formula is C15H12N4OS. The molecule has 0 N–H and O–H groups in total. The van der Waals surface area contributed by atoms with Crippen LogP contribution in [0, 0.1) is 0 Å². The average Bonchev–Trinajstić information content (AvgIpc) is 2.90. The van der Waals surface area contributed by atoms with E-state index in [9.17, 15) is 4.79 Å². The molecule has 0 bridgehead atoms. The van der Waals surface area contributed by atoms with Gasteiger partial charge in [0.15, 0.2) is 5.17 Å². The second kappa shape index (κ2) is 6.32. The summed E-state index contributed by atoms with van der Waals surface area (Å²) in [7, 11) is 0. The van der Waals surface area contributed by atoms with Crippen LogP contribution < -0.4 is 4.90 Å². The van der Waals surface area contributed by atoms with Gasteiger partial charge in [-0.3, -0.25) is 14.7 Å². The van der Waals surface area contributed by atoms with E-state index in [0.717, 1.165) is 11.3 Å². The fourth-order valence-electron chi connectivity index (χ4n) is 1.86.